The lowest BCUT2D eigenvalue weighted by atomic mass is 10.3. The highest BCUT2D eigenvalue weighted by molar-refractivity contribution is 5.43. The van der Waals surface area contributed by atoms with Crippen molar-refractivity contribution < 1.29 is 0 Å². The lowest BCUT2D eigenvalue weighted by molar-refractivity contribution is 0.834. The van der Waals surface area contributed by atoms with Crippen LogP contribution in [0.3, 0.4) is 0 Å². The molecule has 104 valence electrons. The fraction of sp³-hybridized carbons (Fsp3) is 0.400. The molecule has 0 atom stereocenters. The summed E-state index contributed by atoms with van der Waals surface area (Å²) in [5.74, 6) is 1.13. The number of aromatic nitrogens is 3. The number of rotatable bonds is 4. The van der Waals surface area contributed by atoms with E-state index >= 15 is 0 Å². The third kappa shape index (κ3) is 2.57. The molecule has 2 aromatic heterocycles. The maximum Gasteiger partial charge on any atom is 0.279 e. The summed E-state index contributed by atoms with van der Waals surface area (Å²) < 4.78 is 1.52. The molecule has 0 aliphatic heterocycles. The Balaban J connectivity index is 1.94. The Bertz CT molecular complexity index is 656. The van der Waals surface area contributed by atoms with Gasteiger partial charge >= 0.3 is 0 Å². The van der Waals surface area contributed by atoms with Gasteiger partial charge in [0.1, 0.15) is 5.69 Å². The third-order valence-corrected chi connectivity index (χ3v) is 3.30. The summed E-state index contributed by atoms with van der Waals surface area (Å²) in [5, 5.41) is 11.5. The normalized spacial score (nSPS) is 14.6. The quantitative estimate of drug-likeness (QED) is 0.926. The van der Waals surface area contributed by atoms with Gasteiger partial charge in [-0.2, -0.15) is 5.10 Å². The summed E-state index contributed by atoms with van der Waals surface area (Å²) in [7, 11) is 0. The largest absolute Gasteiger partial charge is 0.378 e. The Morgan fingerprint density at radius 3 is 2.65 bits per heavy atom. The Kier molecular flexibility index (Phi) is 3.26. The van der Waals surface area contributed by atoms with E-state index in [1.165, 1.54) is 17.4 Å². The Labute approximate surface area is 117 Å². The molecule has 2 aromatic rings. The summed E-state index contributed by atoms with van der Waals surface area (Å²) in [6.07, 6.45) is 4.11. The first kappa shape index (κ1) is 12.8. The lowest BCUT2D eigenvalue weighted by Crippen LogP contribution is -2.25. The van der Waals surface area contributed by atoms with Crippen LogP contribution in [0.4, 0.5) is 5.69 Å². The molecule has 5 nitrogen and oxygen atoms in total. The zero-order chi connectivity index (χ0) is 14.1. The maximum absolute atomic E-state index is 12.4. The second-order valence-corrected chi connectivity index (χ2v) is 5.49. The van der Waals surface area contributed by atoms with Crippen molar-refractivity contribution in [2.75, 3.05) is 5.32 Å². The molecule has 1 N–H and O–H groups in total. The standard InChI is InChI=1S/C15H18N4O/c1-10(2)16-13-4-3-9-19(15(13)20)14-8-7-12(17-18-14)11-5-6-11/h3-4,7-11,16H,5-6H2,1-2H3. The number of anilines is 1. The van der Waals surface area contributed by atoms with Crippen molar-refractivity contribution in [2.24, 2.45) is 0 Å². The van der Waals surface area contributed by atoms with E-state index in [9.17, 15) is 4.79 Å². The van der Waals surface area contributed by atoms with E-state index in [4.69, 9.17) is 0 Å². The predicted molar refractivity (Wildman–Crippen MR) is 78.4 cm³/mol. The van der Waals surface area contributed by atoms with Gasteiger partial charge in [0.25, 0.3) is 5.56 Å². The van der Waals surface area contributed by atoms with Crippen LogP contribution in [-0.2, 0) is 0 Å². The van der Waals surface area contributed by atoms with E-state index in [2.05, 4.69) is 15.5 Å². The van der Waals surface area contributed by atoms with Gasteiger partial charge in [-0.15, -0.1) is 5.10 Å². The molecule has 1 aliphatic rings. The number of nitrogens with zero attached hydrogens (tertiary/aromatic N) is 3. The molecule has 3 rings (SSSR count). The zero-order valence-corrected chi connectivity index (χ0v) is 11.7. The van der Waals surface area contributed by atoms with Gasteiger partial charge in [-0.3, -0.25) is 9.36 Å². The highest BCUT2D eigenvalue weighted by Crippen LogP contribution is 2.38. The number of pyridine rings is 1. The summed E-state index contributed by atoms with van der Waals surface area (Å²) in [6, 6.07) is 7.66. The van der Waals surface area contributed by atoms with Gasteiger partial charge in [-0.1, -0.05) is 0 Å². The predicted octanol–water partition coefficient (Wildman–Crippen LogP) is 2.33. The minimum Gasteiger partial charge on any atom is -0.378 e. The molecule has 20 heavy (non-hydrogen) atoms. The fourth-order valence-electron chi connectivity index (χ4n) is 2.16. The van der Waals surface area contributed by atoms with E-state index in [0.29, 0.717) is 17.4 Å². The second kappa shape index (κ2) is 5.07. The van der Waals surface area contributed by atoms with Crippen molar-refractivity contribution in [3.63, 3.8) is 0 Å². The van der Waals surface area contributed by atoms with Crippen LogP contribution in [0.1, 0.15) is 38.3 Å². The van der Waals surface area contributed by atoms with Gasteiger partial charge in [-0.25, -0.2) is 0 Å². The molecule has 0 spiro atoms. The monoisotopic (exact) mass is 270 g/mol. The minimum absolute atomic E-state index is 0.102. The van der Waals surface area contributed by atoms with E-state index in [0.717, 1.165) is 5.69 Å². The highest BCUT2D eigenvalue weighted by atomic mass is 16.1. The molecular weight excluding hydrogens is 252 g/mol. The van der Waals surface area contributed by atoms with E-state index in [1.54, 1.807) is 12.3 Å². The van der Waals surface area contributed by atoms with Gasteiger partial charge in [0, 0.05) is 18.2 Å². The van der Waals surface area contributed by atoms with Crippen molar-refractivity contribution >= 4 is 5.69 Å². The van der Waals surface area contributed by atoms with Crippen LogP contribution in [0.25, 0.3) is 5.82 Å². The van der Waals surface area contributed by atoms with Crippen molar-refractivity contribution in [3.8, 4) is 5.82 Å². The van der Waals surface area contributed by atoms with Crippen molar-refractivity contribution in [3.05, 3.63) is 46.5 Å². The molecule has 1 aliphatic carbocycles. The van der Waals surface area contributed by atoms with Gasteiger partial charge in [-0.05, 0) is 51.0 Å². The molecule has 0 aromatic carbocycles. The molecule has 2 heterocycles. The second-order valence-electron chi connectivity index (χ2n) is 5.49. The van der Waals surface area contributed by atoms with Crippen LogP contribution in [0.2, 0.25) is 0 Å². The van der Waals surface area contributed by atoms with Crippen LogP contribution >= 0.6 is 0 Å². The van der Waals surface area contributed by atoms with Gasteiger partial charge in [0.05, 0.1) is 5.69 Å². The topological polar surface area (TPSA) is 59.8 Å². The first-order valence-corrected chi connectivity index (χ1v) is 6.97. The number of hydrogen-bond donors (Lipinski definition) is 1. The van der Waals surface area contributed by atoms with E-state index < -0.39 is 0 Å². The van der Waals surface area contributed by atoms with Gasteiger partial charge in [0.15, 0.2) is 5.82 Å². The molecule has 0 saturated heterocycles. The van der Waals surface area contributed by atoms with E-state index in [1.807, 2.05) is 32.0 Å². The Morgan fingerprint density at radius 1 is 1.25 bits per heavy atom. The molecule has 1 fully saturated rings. The van der Waals surface area contributed by atoms with Crippen LogP contribution in [0.5, 0.6) is 0 Å². The van der Waals surface area contributed by atoms with Gasteiger partial charge in [0.2, 0.25) is 0 Å². The van der Waals surface area contributed by atoms with Crippen molar-refractivity contribution in [1.82, 2.24) is 14.8 Å². The average molecular weight is 270 g/mol. The fourth-order valence-corrected chi connectivity index (χ4v) is 2.16. The molecule has 0 amide bonds. The maximum atomic E-state index is 12.4. The van der Waals surface area contributed by atoms with Crippen LogP contribution in [-0.4, -0.2) is 20.8 Å². The first-order valence-electron chi connectivity index (χ1n) is 6.97. The summed E-state index contributed by atoms with van der Waals surface area (Å²) in [5.41, 5.74) is 1.50. The third-order valence-electron chi connectivity index (χ3n) is 3.30. The van der Waals surface area contributed by atoms with Crippen LogP contribution < -0.4 is 10.9 Å². The number of hydrogen-bond acceptors (Lipinski definition) is 4. The summed E-state index contributed by atoms with van der Waals surface area (Å²) in [6.45, 7) is 4.00. The first-order chi connectivity index (χ1) is 9.65. The SMILES string of the molecule is CC(C)Nc1cccn(-c2ccc(C3CC3)nn2)c1=O. The van der Waals surface area contributed by atoms with Crippen LogP contribution in [0, 0.1) is 0 Å². The average Bonchev–Trinajstić information content (AvgIpc) is 3.25. The van der Waals surface area contributed by atoms with E-state index in [-0.39, 0.29) is 11.6 Å². The molecule has 5 heteroatoms. The minimum atomic E-state index is -0.102. The Morgan fingerprint density at radius 2 is 2.05 bits per heavy atom. The summed E-state index contributed by atoms with van der Waals surface area (Å²) in [4.78, 5) is 12.4. The lowest BCUT2D eigenvalue weighted by Gasteiger charge is -2.11. The van der Waals surface area contributed by atoms with Gasteiger partial charge < -0.3 is 5.32 Å². The number of nitrogens with one attached hydrogen (secondary N) is 1. The summed E-state index contributed by atoms with van der Waals surface area (Å²) >= 11 is 0. The molecule has 0 radical (unpaired) electrons. The smallest absolute Gasteiger partial charge is 0.279 e. The molecular formula is C15H18N4O. The van der Waals surface area contributed by atoms with Crippen LogP contribution in [0.15, 0.2) is 35.3 Å². The van der Waals surface area contributed by atoms with Crippen molar-refractivity contribution in [2.45, 2.75) is 38.6 Å². The molecule has 1 saturated carbocycles. The zero-order valence-electron chi connectivity index (χ0n) is 11.7. The Hall–Kier alpha value is -2.17. The van der Waals surface area contributed by atoms with Crippen molar-refractivity contribution in [1.29, 1.82) is 0 Å². The highest BCUT2D eigenvalue weighted by Gasteiger charge is 2.25. The molecule has 0 bridgehead atoms. The molecule has 0 unspecified atom stereocenters.